The average Bonchev–Trinajstić information content (AvgIpc) is 3.56. The molecule has 1 atom stereocenters. The lowest BCUT2D eigenvalue weighted by atomic mass is 9.87. The zero-order valence-electron chi connectivity index (χ0n) is 23.3. The molecule has 1 N–H and O–H groups in total. The van der Waals surface area contributed by atoms with Gasteiger partial charge in [0, 0.05) is 64.4 Å². The summed E-state index contributed by atoms with van der Waals surface area (Å²) < 4.78 is 47.5. The van der Waals surface area contributed by atoms with E-state index < -0.39 is 24.0 Å². The van der Waals surface area contributed by atoms with Crippen LogP contribution in [0.3, 0.4) is 0 Å². The van der Waals surface area contributed by atoms with Crippen LogP contribution in [0.15, 0.2) is 52.3 Å². The molecule has 8 nitrogen and oxygen atoms in total. The number of rotatable bonds is 8. The topological polar surface area (TPSA) is 89.6 Å². The maximum absolute atomic E-state index is 13.0. The van der Waals surface area contributed by atoms with Gasteiger partial charge in [-0.25, -0.2) is 4.79 Å². The molecule has 1 aliphatic heterocycles. The Kier molecular flexibility index (Phi) is 8.14. The summed E-state index contributed by atoms with van der Waals surface area (Å²) in [7, 11) is 0. The molecular formula is C30H30ClF3N4O4S. The van der Waals surface area contributed by atoms with Crippen LogP contribution in [-0.2, 0) is 13.1 Å². The highest BCUT2D eigenvalue weighted by molar-refractivity contribution is 7.19. The summed E-state index contributed by atoms with van der Waals surface area (Å²) in [5, 5.41) is 10.3. The molecule has 1 aromatic carbocycles. The Morgan fingerprint density at radius 2 is 1.95 bits per heavy atom. The van der Waals surface area contributed by atoms with Gasteiger partial charge in [-0.2, -0.15) is 13.2 Å². The zero-order valence-corrected chi connectivity index (χ0v) is 24.9. The highest BCUT2D eigenvalue weighted by atomic mass is 35.5. The molecule has 0 unspecified atom stereocenters. The highest BCUT2D eigenvalue weighted by Gasteiger charge is 2.40. The molecule has 228 valence electrons. The maximum atomic E-state index is 13.0. The van der Waals surface area contributed by atoms with Gasteiger partial charge in [0.05, 0.1) is 23.4 Å². The molecule has 13 heteroatoms. The Labute approximate surface area is 253 Å². The van der Waals surface area contributed by atoms with E-state index in [9.17, 15) is 27.9 Å². The Balaban J connectivity index is 1.30. The first-order valence-corrected chi connectivity index (χ1v) is 15.3. The Hall–Kier alpha value is -3.19. The molecule has 0 spiro atoms. The first-order valence-electron chi connectivity index (χ1n) is 14.1. The van der Waals surface area contributed by atoms with Gasteiger partial charge in [-0.05, 0) is 56.1 Å². The number of hydrogen-bond donors (Lipinski definition) is 1. The maximum Gasteiger partial charge on any atom is 0.406 e. The number of likely N-dealkylation sites (tertiary alicyclic amines) is 1. The van der Waals surface area contributed by atoms with Gasteiger partial charge in [0.1, 0.15) is 18.4 Å². The third-order valence-electron chi connectivity index (χ3n) is 8.25. The van der Waals surface area contributed by atoms with Crippen molar-refractivity contribution in [1.29, 1.82) is 0 Å². The van der Waals surface area contributed by atoms with Gasteiger partial charge in [-0.1, -0.05) is 11.6 Å². The van der Waals surface area contributed by atoms with Crippen molar-refractivity contribution >= 4 is 33.2 Å². The van der Waals surface area contributed by atoms with Crippen LogP contribution in [-0.4, -0.2) is 61.6 Å². The molecule has 3 aromatic heterocycles. The van der Waals surface area contributed by atoms with E-state index in [-0.39, 0.29) is 25.3 Å². The van der Waals surface area contributed by atoms with Crippen molar-refractivity contribution in [2.24, 2.45) is 0 Å². The van der Waals surface area contributed by atoms with Crippen molar-refractivity contribution in [3.8, 4) is 16.9 Å². The number of thiophene rings is 1. The Morgan fingerprint density at radius 3 is 2.70 bits per heavy atom. The third-order valence-corrected chi connectivity index (χ3v) is 9.61. The summed E-state index contributed by atoms with van der Waals surface area (Å²) in [6.45, 7) is 1.43. The van der Waals surface area contributed by atoms with Gasteiger partial charge in [-0.3, -0.25) is 23.8 Å². The van der Waals surface area contributed by atoms with E-state index in [4.69, 9.17) is 16.3 Å². The van der Waals surface area contributed by atoms with Gasteiger partial charge < -0.3 is 9.84 Å². The number of aliphatic hydroxyl groups excluding tert-OH is 1. The number of hydrogen-bond acceptors (Lipinski definition) is 7. The number of benzene rings is 1. The van der Waals surface area contributed by atoms with Crippen LogP contribution in [0.25, 0.3) is 21.3 Å². The van der Waals surface area contributed by atoms with Crippen molar-refractivity contribution in [3.05, 3.63) is 79.0 Å². The van der Waals surface area contributed by atoms with E-state index in [0.717, 1.165) is 70.4 Å². The summed E-state index contributed by atoms with van der Waals surface area (Å²) in [4.78, 5) is 32.7. The minimum absolute atomic E-state index is 0.0172. The van der Waals surface area contributed by atoms with Crippen molar-refractivity contribution in [1.82, 2.24) is 19.0 Å². The molecular weight excluding hydrogens is 605 g/mol. The summed E-state index contributed by atoms with van der Waals surface area (Å²) in [6.07, 6.45) is 1.77. The molecule has 1 saturated carbocycles. The Morgan fingerprint density at radius 1 is 1.16 bits per heavy atom. The molecule has 2 fully saturated rings. The van der Waals surface area contributed by atoms with Crippen molar-refractivity contribution in [2.75, 3.05) is 13.2 Å². The SMILES string of the molecule is Cc1cc(Cl)cc(-c2ccnc3cc(Cn4c(=O)ccn(CC(F)(F)F)c4=O)sc23)c1OC1CC(N2CCC[C@H]2CO)C1. The standard InChI is InChI=1S/C30H30ClF3N4O4S/c1-17-9-18(31)10-24(27(17)42-21-11-20(12-21)37-7-2-3-19(37)15-39)23-4-6-35-25-13-22(43-28(23)25)14-38-26(40)5-8-36(29(38)41)16-30(32,33)34/h4-6,8-10,13,19-21,39H,2-3,7,11-12,14-16H2,1H3/t19-,20?,21?/m0/s1. The first-order chi connectivity index (χ1) is 20.5. The molecule has 43 heavy (non-hydrogen) atoms. The van der Waals surface area contributed by atoms with Crippen LogP contribution in [0.1, 0.15) is 36.1 Å². The third kappa shape index (κ3) is 6.11. The number of aliphatic hydroxyl groups is 1. The van der Waals surface area contributed by atoms with Gasteiger partial charge in [-0.15, -0.1) is 11.3 Å². The van der Waals surface area contributed by atoms with Gasteiger partial charge >= 0.3 is 11.9 Å². The predicted octanol–water partition coefficient (Wildman–Crippen LogP) is 5.23. The lowest BCUT2D eigenvalue weighted by Crippen LogP contribution is -2.51. The van der Waals surface area contributed by atoms with Gasteiger partial charge in [0.25, 0.3) is 5.56 Å². The van der Waals surface area contributed by atoms with Crippen molar-refractivity contribution < 1.29 is 23.0 Å². The van der Waals surface area contributed by atoms with E-state index in [1.165, 1.54) is 11.3 Å². The van der Waals surface area contributed by atoms with E-state index in [1.807, 2.05) is 25.1 Å². The fourth-order valence-corrected chi connectivity index (χ4v) is 7.55. The smallest absolute Gasteiger partial charge is 0.406 e. The van der Waals surface area contributed by atoms with E-state index in [1.54, 1.807) is 12.3 Å². The minimum atomic E-state index is -4.60. The summed E-state index contributed by atoms with van der Waals surface area (Å²) in [5.74, 6) is 0.713. The molecule has 0 amide bonds. The molecule has 0 bridgehead atoms. The van der Waals surface area contributed by atoms with Gasteiger partial charge in [0.15, 0.2) is 0 Å². The van der Waals surface area contributed by atoms with Gasteiger partial charge in [0.2, 0.25) is 0 Å². The number of aryl methyl sites for hydroxylation is 1. The van der Waals surface area contributed by atoms with Crippen LogP contribution in [0.4, 0.5) is 13.2 Å². The zero-order chi connectivity index (χ0) is 30.5. The average molecular weight is 635 g/mol. The quantitative estimate of drug-likeness (QED) is 0.286. The fourth-order valence-electron chi connectivity index (χ4n) is 6.14. The molecule has 1 saturated heterocycles. The number of ether oxygens (including phenoxy) is 1. The number of fused-ring (bicyclic) bond motifs is 1. The lowest BCUT2D eigenvalue weighted by Gasteiger charge is -2.43. The second-order valence-electron chi connectivity index (χ2n) is 11.2. The van der Waals surface area contributed by atoms with Crippen molar-refractivity contribution in [2.45, 2.75) is 70.1 Å². The summed E-state index contributed by atoms with van der Waals surface area (Å²) >= 11 is 7.81. The van der Waals surface area contributed by atoms with E-state index >= 15 is 0 Å². The van der Waals surface area contributed by atoms with Crippen LogP contribution >= 0.6 is 22.9 Å². The molecule has 6 rings (SSSR count). The predicted molar refractivity (Wildman–Crippen MR) is 159 cm³/mol. The second kappa shape index (κ2) is 11.7. The highest BCUT2D eigenvalue weighted by Crippen LogP contribution is 2.43. The largest absolute Gasteiger partial charge is 0.489 e. The lowest BCUT2D eigenvalue weighted by molar-refractivity contribution is -0.141. The molecule has 1 aliphatic carbocycles. The molecule has 0 radical (unpaired) electrons. The van der Waals surface area contributed by atoms with E-state index in [0.29, 0.717) is 31.8 Å². The number of nitrogens with zero attached hydrogens (tertiary/aromatic N) is 4. The van der Waals surface area contributed by atoms with Crippen LogP contribution in [0.2, 0.25) is 5.02 Å². The molecule has 4 aromatic rings. The first kappa shape index (κ1) is 29.9. The number of aromatic nitrogens is 3. The summed E-state index contributed by atoms with van der Waals surface area (Å²) in [5.41, 5.74) is 1.38. The second-order valence-corrected chi connectivity index (χ2v) is 12.8. The molecule has 4 heterocycles. The normalized spacial score (nSPS) is 20.9. The van der Waals surface area contributed by atoms with Crippen LogP contribution < -0.4 is 16.0 Å². The fraction of sp³-hybridized carbons (Fsp3) is 0.433. The number of halogens is 4. The van der Waals surface area contributed by atoms with Crippen LogP contribution in [0.5, 0.6) is 5.75 Å². The van der Waals surface area contributed by atoms with E-state index in [2.05, 4.69) is 9.88 Å². The Bertz CT molecular complexity index is 1780. The number of alkyl halides is 3. The molecule has 2 aliphatic rings. The minimum Gasteiger partial charge on any atom is -0.489 e. The van der Waals surface area contributed by atoms with Crippen molar-refractivity contribution in [3.63, 3.8) is 0 Å². The summed E-state index contributed by atoms with van der Waals surface area (Å²) in [6, 6.07) is 8.84. The number of pyridine rings is 1. The monoisotopic (exact) mass is 634 g/mol. The van der Waals surface area contributed by atoms with Crippen LogP contribution in [0, 0.1) is 6.92 Å².